The van der Waals surface area contributed by atoms with E-state index >= 15 is 0 Å². The van der Waals surface area contributed by atoms with E-state index in [0.29, 0.717) is 11.7 Å². The van der Waals surface area contributed by atoms with Crippen molar-refractivity contribution in [2.75, 3.05) is 19.0 Å². The molecule has 1 atom stereocenters. The second-order valence-electron chi connectivity index (χ2n) is 6.07. The lowest BCUT2D eigenvalue weighted by atomic mass is 10.1. The van der Waals surface area contributed by atoms with E-state index in [2.05, 4.69) is 57.6 Å². The Hall–Kier alpha value is -2.09. The largest absolute Gasteiger partial charge is 0.383 e. The number of hydrogen-bond acceptors (Lipinski definition) is 5. The Morgan fingerprint density at radius 3 is 2.81 bits per heavy atom. The standard InChI is InChI=1S/C19H22N4OS2/c1-12(11-24-3)20-19(25)23-22-13(2)14-8-9-18-16(10-14)21-15-6-4-5-7-17(15)26-18/h4-10,12,21H,11H2,1-3H3,(H2,20,23,25)/b22-13-/t12-/m0/s1. The molecule has 3 rings (SSSR count). The lowest BCUT2D eigenvalue weighted by Gasteiger charge is -2.21. The van der Waals surface area contributed by atoms with Crippen LogP contribution in [0.25, 0.3) is 0 Å². The molecule has 7 heteroatoms. The molecule has 0 unspecified atom stereocenters. The number of ether oxygens (including phenoxy) is 1. The molecule has 0 amide bonds. The smallest absolute Gasteiger partial charge is 0.187 e. The topological polar surface area (TPSA) is 57.7 Å². The second kappa shape index (κ2) is 8.53. The zero-order valence-electron chi connectivity index (χ0n) is 15.0. The fourth-order valence-electron chi connectivity index (χ4n) is 2.61. The molecule has 0 fully saturated rings. The van der Waals surface area contributed by atoms with E-state index in [1.807, 2.05) is 19.9 Å². The van der Waals surface area contributed by atoms with Crippen molar-refractivity contribution >= 4 is 46.2 Å². The summed E-state index contributed by atoms with van der Waals surface area (Å²) in [5.41, 5.74) is 7.02. The summed E-state index contributed by atoms with van der Waals surface area (Å²) in [4.78, 5) is 2.44. The number of thiocarbonyl (C=S) groups is 1. The highest BCUT2D eigenvalue weighted by Gasteiger charge is 2.15. The SMILES string of the molecule is COC[C@H](C)NC(=S)N/N=C(/C)c1ccc2c(c1)Nc1ccccc1S2. The Balaban J connectivity index is 1.68. The summed E-state index contributed by atoms with van der Waals surface area (Å²) in [5.74, 6) is 0. The molecule has 0 aromatic heterocycles. The Morgan fingerprint density at radius 2 is 2.00 bits per heavy atom. The maximum absolute atomic E-state index is 5.25. The van der Waals surface area contributed by atoms with Crippen LogP contribution in [0.15, 0.2) is 57.4 Å². The number of hydrazone groups is 1. The van der Waals surface area contributed by atoms with Gasteiger partial charge in [0, 0.05) is 22.9 Å². The highest BCUT2D eigenvalue weighted by Crippen LogP contribution is 2.44. The normalized spacial score (nSPS) is 13.9. The lowest BCUT2D eigenvalue weighted by molar-refractivity contribution is 0.179. The van der Waals surface area contributed by atoms with Crippen LogP contribution in [-0.2, 0) is 4.74 Å². The minimum atomic E-state index is 0.126. The van der Waals surface area contributed by atoms with Crippen LogP contribution in [0.2, 0.25) is 0 Å². The number of hydrogen-bond donors (Lipinski definition) is 3. The van der Waals surface area contributed by atoms with Gasteiger partial charge in [0.15, 0.2) is 5.11 Å². The van der Waals surface area contributed by atoms with Crippen molar-refractivity contribution in [3.8, 4) is 0 Å². The van der Waals surface area contributed by atoms with Crippen molar-refractivity contribution in [2.45, 2.75) is 29.7 Å². The zero-order chi connectivity index (χ0) is 18.5. The fourth-order valence-corrected chi connectivity index (χ4v) is 3.83. The van der Waals surface area contributed by atoms with Crippen molar-refractivity contribution in [2.24, 2.45) is 5.10 Å². The van der Waals surface area contributed by atoms with Gasteiger partial charge in [-0.05, 0) is 55.9 Å². The number of fused-ring (bicyclic) bond motifs is 2. The van der Waals surface area contributed by atoms with E-state index in [-0.39, 0.29) is 6.04 Å². The second-order valence-corrected chi connectivity index (χ2v) is 7.57. The number of nitrogens with zero attached hydrogens (tertiary/aromatic N) is 1. The molecule has 5 nitrogen and oxygen atoms in total. The number of anilines is 2. The molecule has 0 bridgehead atoms. The first kappa shape index (κ1) is 18.7. The van der Waals surface area contributed by atoms with Gasteiger partial charge in [-0.15, -0.1) is 0 Å². The summed E-state index contributed by atoms with van der Waals surface area (Å²) >= 11 is 7.03. The van der Waals surface area contributed by atoms with Gasteiger partial charge in [-0.25, -0.2) is 0 Å². The number of benzene rings is 2. The number of para-hydroxylation sites is 1. The molecular weight excluding hydrogens is 364 g/mol. The van der Waals surface area contributed by atoms with E-state index in [0.717, 1.165) is 22.6 Å². The van der Waals surface area contributed by atoms with E-state index in [1.165, 1.54) is 9.79 Å². The van der Waals surface area contributed by atoms with Crippen LogP contribution in [0.1, 0.15) is 19.4 Å². The average Bonchev–Trinajstić information content (AvgIpc) is 2.64. The first-order valence-electron chi connectivity index (χ1n) is 8.35. The Bertz CT molecular complexity index is 838. The van der Waals surface area contributed by atoms with Crippen LogP contribution in [0, 0.1) is 0 Å². The minimum absolute atomic E-state index is 0.126. The molecule has 0 saturated carbocycles. The number of rotatable bonds is 5. The molecule has 0 aliphatic carbocycles. The van der Waals surface area contributed by atoms with Gasteiger partial charge < -0.3 is 15.4 Å². The quantitative estimate of drug-likeness (QED) is 0.348. The predicted octanol–water partition coefficient (Wildman–Crippen LogP) is 4.12. The van der Waals surface area contributed by atoms with Gasteiger partial charge in [0.05, 0.1) is 23.7 Å². The molecule has 2 aromatic rings. The van der Waals surface area contributed by atoms with Gasteiger partial charge in [-0.2, -0.15) is 5.10 Å². The van der Waals surface area contributed by atoms with Crippen LogP contribution in [0.3, 0.4) is 0 Å². The summed E-state index contributed by atoms with van der Waals surface area (Å²) in [5, 5.41) is 11.5. The van der Waals surface area contributed by atoms with Crippen molar-refractivity contribution in [3.05, 3.63) is 48.0 Å². The van der Waals surface area contributed by atoms with Crippen molar-refractivity contribution in [3.63, 3.8) is 0 Å². The minimum Gasteiger partial charge on any atom is -0.383 e. The third-order valence-corrected chi connectivity index (χ3v) is 5.25. The van der Waals surface area contributed by atoms with Crippen LogP contribution >= 0.6 is 24.0 Å². The molecule has 26 heavy (non-hydrogen) atoms. The molecule has 1 heterocycles. The van der Waals surface area contributed by atoms with Gasteiger partial charge in [0.2, 0.25) is 0 Å². The average molecular weight is 387 g/mol. The number of methoxy groups -OCH3 is 1. The molecule has 2 aromatic carbocycles. The van der Waals surface area contributed by atoms with E-state index in [4.69, 9.17) is 17.0 Å². The van der Waals surface area contributed by atoms with Crippen LogP contribution in [0.5, 0.6) is 0 Å². The highest BCUT2D eigenvalue weighted by atomic mass is 32.2. The number of nitrogens with one attached hydrogen (secondary N) is 3. The van der Waals surface area contributed by atoms with E-state index < -0.39 is 0 Å². The summed E-state index contributed by atoms with van der Waals surface area (Å²) in [6, 6.07) is 14.7. The molecule has 0 spiro atoms. The monoisotopic (exact) mass is 386 g/mol. The van der Waals surface area contributed by atoms with Gasteiger partial charge in [0.25, 0.3) is 0 Å². The van der Waals surface area contributed by atoms with Gasteiger partial charge in [0.1, 0.15) is 0 Å². The molecule has 3 N–H and O–H groups in total. The summed E-state index contributed by atoms with van der Waals surface area (Å²) in [7, 11) is 1.66. The first-order chi connectivity index (χ1) is 12.6. The van der Waals surface area contributed by atoms with Crippen LogP contribution < -0.4 is 16.1 Å². The van der Waals surface area contributed by atoms with Crippen LogP contribution in [0.4, 0.5) is 11.4 Å². The van der Waals surface area contributed by atoms with E-state index in [9.17, 15) is 0 Å². The molecule has 0 radical (unpaired) electrons. The molecule has 1 aliphatic rings. The zero-order valence-corrected chi connectivity index (χ0v) is 16.6. The Kier molecular flexibility index (Phi) is 6.13. The maximum atomic E-state index is 5.25. The van der Waals surface area contributed by atoms with Crippen molar-refractivity contribution in [1.29, 1.82) is 0 Å². The van der Waals surface area contributed by atoms with Crippen LogP contribution in [-0.4, -0.2) is 30.6 Å². The maximum Gasteiger partial charge on any atom is 0.187 e. The Labute approximate surface area is 163 Å². The lowest BCUT2D eigenvalue weighted by Crippen LogP contribution is -2.40. The van der Waals surface area contributed by atoms with Gasteiger partial charge in [-0.3, -0.25) is 5.43 Å². The van der Waals surface area contributed by atoms with Gasteiger partial charge in [-0.1, -0.05) is 30.0 Å². The van der Waals surface area contributed by atoms with Crippen molar-refractivity contribution < 1.29 is 4.74 Å². The highest BCUT2D eigenvalue weighted by molar-refractivity contribution is 7.99. The fraction of sp³-hybridized carbons (Fsp3) is 0.263. The first-order valence-corrected chi connectivity index (χ1v) is 9.57. The molecule has 136 valence electrons. The molecule has 0 saturated heterocycles. The summed E-state index contributed by atoms with van der Waals surface area (Å²) in [6.07, 6.45) is 0. The van der Waals surface area contributed by atoms with Gasteiger partial charge >= 0.3 is 0 Å². The third-order valence-electron chi connectivity index (χ3n) is 3.89. The predicted molar refractivity (Wildman–Crippen MR) is 113 cm³/mol. The third kappa shape index (κ3) is 4.55. The Morgan fingerprint density at radius 1 is 1.23 bits per heavy atom. The van der Waals surface area contributed by atoms with E-state index in [1.54, 1.807) is 18.9 Å². The molecular formula is C19H22N4OS2. The summed E-state index contributed by atoms with van der Waals surface area (Å²) < 4.78 is 5.08. The molecule has 1 aliphatic heterocycles. The van der Waals surface area contributed by atoms with Crippen molar-refractivity contribution in [1.82, 2.24) is 10.7 Å². The summed E-state index contributed by atoms with van der Waals surface area (Å²) in [6.45, 7) is 4.54.